The number of hydrogen-bond donors (Lipinski definition) is 0. The van der Waals surface area contributed by atoms with E-state index >= 15 is 0 Å². The maximum atomic E-state index is 12.1. The van der Waals surface area contributed by atoms with Gasteiger partial charge in [0, 0.05) is 12.6 Å². The number of rotatable bonds is 5. The zero-order chi connectivity index (χ0) is 12.3. The molecule has 1 rings (SSSR count). The highest BCUT2D eigenvalue weighted by Crippen LogP contribution is 2.28. The van der Waals surface area contributed by atoms with Crippen molar-refractivity contribution in [3.63, 3.8) is 0 Å². The molecule has 0 saturated carbocycles. The lowest BCUT2D eigenvalue weighted by Gasteiger charge is -2.20. The minimum atomic E-state index is -2.99. The van der Waals surface area contributed by atoms with Crippen LogP contribution >= 0.6 is 0 Å². The van der Waals surface area contributed by atoms with E-state index in [1.54, 1.807) is 4.31 Å². The zero-order valence-electron chi connectivity index (χ0n) is 10.9. The molecule has 0 aromatic heterocycles. The summed E-state index contributed by atoms with van der Waals surface area (Å²) in [6.45, 7) is 8.99. The first kappa shape index (κ1) is 14.0. The third-order valence-corrected chi connectivity index (χ3v) is 5.87. The molecule has 1 fully saturated rings. The molecule has 96 valence electrons. The molecule has 0 N–H and O–H groups in total. The maximum absolute atomic E-state index is 12.1. The summed E-state index contributed by atoms with van der Waals surface area (Å²) in [7, 11) is -2.99. The largest absolute Gasteiger partial charge is 0.217 e. The van der Waals surface area contributed by atoms with Crippen LogP contribution in [0.25, 0.3) is 0 Å². The van der Waals surface area contributed by atoms with E-state index in [-0.39, 0.29) is 11.3 Å². The van der Waals surface area contributed by atoms with Gasteiger partial charge in [-0.25, -0.2) is 8.42 Å². The van der Waals surface area contributed by atoms with E-state index < -0.39 is 10.0 Å². The van der Waals surface area contributed by atoms with E-state index in [0.717, 1.165) is 25.7 Å². The van der Waals surface area contributed by atoms with Crippen molar-refractivity contribution in [3.8, 4) is 0 Å². The Morgan fingerprint density at radius 1 is 1.25 bits per heavy atom. The monoisotopic (exact) mass is 247 g/mol. The number of nitrogens with zero attached hydrogens (tertiary/aromatic N) is 1. The Kier molecular flexibility index (Phi) is 4.80. The molecule has 16 heavy (non-hydrogen) atoms. The van der Waals surface area contributed by atoms with Crippen molar-refractivity contribution in [2.45, 2.75) is 64.7 Å². The van der Waals surface area contributed by atoms with Gasteiger partial charge in [0.1, 0.15) is 0 Å². The summed E-state index contributed by atoms with van der Waals surface area (Å²) in [5, 5.41) is -0.117. The Morgan fingerprint density at radius 2 is 1.88 bits per heavy atom. The third kappa shape index (κ3) is 3.20. The first-order chi connectivity index (χ1) is 7.35. The summed E-state index contributed by atoms with van der Waals surface area (Å²) in [6, 6.07) is 0.111. The Morgan fingerprint density at radius 3 is 2.31 bits per heavy atom. The fraction of sp³-hybridized carbons (Fsp3) is 1.00. The molecular weight excluding hydrogens is 222 g/mol. The predicted octanol–water partition coefficient (Wildman–Crippen LogP) is 2.63. The normalized spacial score (nSPS) is 25.8. The molecule has 0 radical (unpaired) electrons. The average Bonchev–Trinajstić information content (AvgIpc) is 2.41. The van der Waals surface area contributed by atoms with E-state index in [4.69, 9.17) is 0 Å². The minimum Gasteiger partial charge on any atom is -0.212 e. The highest BCUT2D eigenvalue weighted by Gasteiger charge is 2.39. The molecule has 1 heterocycles. The van der Waals surface area contributed by atoms with Gasteiger partial charge in [-0.3, -0.25) is 0 Å². The van der Waals surface area contributed by atoms with Crippen molar-refractivity contribution in [1.29, 1.82) is 0 Å². The Hall–Kier alpha value is -0.0900. The second kappa shape index (κ2) is 5.50. The molecule has 0 spiro atoms. The van der Waals surface area contributed by atoms with Gasteiger partial charge in [0.05, 0.1) is 5.25 Å². The highest BCUT2D eigenvalue weighted by atomic mass is 32.2. The molecule has 3 nitrogen and oxygen atoms in total. The standard InChI is InChI=1S/C12H25NO2S/c1-10(2)6-5-7-12-8-9-13(11(3)4)16(12,14)15/h10-12H,5-9H2,1-4H3. The summed E-state index contributed by atoms with van der Waals surface area (Å²) in [5.41, 5.74) is 0. The maximum Gasteiger partial charge on any atom is 0.217 e. The number of hydrogen-bond acceptors (Lipinski definition) is 2. The lowest BCUT2D eigenvalue weighted by Crippen LogP contribution is -2.34. The minimum absolute atomic E-state index is 0.111. The Labute approximate surface area is 100 Å². The fourth-order valence-electron chi connectivity index (χ4n) is 2.34. The first-order valence-corrected chi connectivity index (χ1v) is 7.86. The van der Waals surface area contributed by atoms with Crippen LogP contribution in [0.15, 0.2) is 0 Å². The highest BCUT2D eigenvalue weighted by molar-refractivity contribution is 7.90. The summed E-state index contributed by atoms with van der Waals surface area (Å²) < 4.78 is 25.9. The molecule has 0 amide bonds. The molecule has 1 unspecified atom stereocenters. The molecule has 1 atom stereocenters. The van der Waals surface area contributed by atoms with Crippen LogP contribution in [0.2, 0.25) is 0 Å². The van der Waals surface area contributed by atoms with Gasteiger partial charge in [0.25, 0.3) is 0 Å². The van der Waals surface area contributed by atoms with Crippen molar-refractivity contribution in [2.75, 3.05) is 6.54 Å². The molecule has 1 aliphatic rings. The number of sulfonamides is 1. The quantitative estimate of drug-likeness (QED) is 0.749. The fourth-order valence-corrected chi connectivity index (χ4v) is 4.54. The van der Waals surface area contributed by atoms with E-state index in [2.05, 4.69) is 13.8 Å². The Bertz CT molecular complexity index is 309. The molecule has 1 aliphatic heterocycles. The smallest absolute Gasteiger partial charge is 0.212 e. The lowest BCUT2D eigenvalue weighted by molar-refractivity contribution is 0.381. The summed E-state index contributed by atoms with van der Waals surface area (Å²) in [4.78, 5) is 0. The SMILES string of the molecule is CC(C)CCCC1CCN(C(C)C)S1(=O)=O. The van der Waals surface area contributed by atoms with Gasteiger partial charge in [0.2, 0.25) is 10.0 Å². The van der Waals surface area contributed by atoms with Crippen molar-refractivity contribution < 1.29 is 8.42 Å². The third-order valence-electron chi connectivity index (χ3n) is 3.30. The summed E-state index contributed by atoms with van der Waals surface area (Å²) >= 11 is 0. The topological polar surface area (TPSA) is 37.4 Å². The second-order valence-corrected chi connectivity index (χ2v) is 7.65. The molecule has 0 aliphatic carbocycles. The van der Waals surface area contributed by atoms with E-state index in [9.17, 15) is 8.42 Å². The van der Waals surface area contributed by atoms with Gasteiger partial charge in [-0.2, -0.15) is 4.31 Å². The summed E-state index contributed by atoms with van der Waals surface area (Å²) in [6.07, 6.45) is 3.82. The van der Waals surface area contributed by atoms with Gasteiger partial charge in [-0.05, 0) is 32.6 Å². The van der Waals surface area contributed by atoms with Crippen LogP contribution in [0, 0.1) is 5.92 Å². The van der Waals surface area contributed by atoms with Gasteiger partial charge in [-0.1, -0.05) is 26.7 Å². The van der Waals surface area contributed by atoms with Gasteiger partial charge in [0.15, 0.2) is 0 Å². The molecule has 1 saturated heterocycles. The van der Waals surface area contributed by atoms with Crippen LogP contribution < -0.4 is 0 Å². The summed E-state index contributed by atoms with van der Waals surface area (Å²) in [5.74, 6) is 0.672. The van der Waals surface area contributed by atoms with Gasteiger partial charge >= 0.3 is 0 Å². The zero-order valence-corrected chi connectivity index (χ0v) is 11.8. The van der Waals surface area contributed by atoms with Crippen LogP contribution in [0.3, 0.4) is 0 Å². The first-order valence-electron chi connectivity index (χ1n) is 6.36. The van der Waals surface area contributed by atoms with Crippen LogP contribution in [-0.2, 0) is 10.0 Å². The molecule has 0 aromatic carbocycles. The second-order valence-electron chi connectivity index (χ2n) is 5.48. The van der Waals surface area contributed by atoms with Crippen LogP contribution in [0.1, 0.15) is 53.4 Å². The van der Waals surface area contributed by atoms with E-state index in [1.165, 1.54) is 0 Å². The predicted molar refractivity (Wildman–Crippen MR) is 67.9 cm³/mol. The molecule has 0 aromatic rings. The molecule has 0 bridgehead atoms. The van der Waals surface area contributed by atoms with Crippen molar-refractivity contribution in [1.82, 2.24) is 4.31 Å². The molecular formula is C12H25NO2S. The van der Waals surface area contributed by atoms with Crippen molar-refractivity contribution in [3.05, 3.63) is 0 Å². The van der Waals surface area contributed by atoms with Crippen molar-refractivity contribution >= 4 is 10.0 Å². The van der Waals surface area contributed by atoms with Gasteiger partial charge < -0.3 is 0 Å². The van der Waals surface area contributed by atoms with Crippen molar-refractivity contribution in [2.24, 2.45) is 5.92 Å². The molecule has 4 heteroatoms. The van der Waals surface area contributed by atoms with Crippen LogP contribution in [-0.4, -0.2) is 30.6 Å². The lowest BCUT2D eigenvalue weighted by atomic mass is 10.0. The van der Waals surface area contributed by atoms with Gasteiger partial charge in [-0.15, -0.1) is 0 Å². The Balaban J connectivity index is 2.52. The van der Waals surface area contributed by atoms with E-state index in [1.807, 2.05) is 13.8 Å². The van der Waals surface area contributed by atoms with E-state index in [0.29, 0.717) is 12.5 Å². The van der Waals surface area contributed by atoms with Crippen LogP contribution in [0.4, 0.5) is 0 Å². The average molecular weight is 247 g/mol. The van der Waals surface area contributed by atoms with Crippen LogP contribution in [0.5, 0.6) is 0 Å².